The van der Waals surface area contributed by atoms with Crippen molar-refractivity contribution in [2.45, 2.75) is 193 Å². The van der Waals surface area contributed by atoms with Gasteiger partial charge < -0.3 is 19.6 Å². The van der Waals surface area contributed by atoms with Gasteiger partial charge in [-0.25, -0.2) is 0 Å². The molecule has 4 aliphatic rings. The molecule has 0 spiro atoms. The lowest BCUT2D eigenvalue weighted by Crippen LogP contribution is -2.32. The third kappa shape index (κ3) is 32.2. The lowest BCUT2D eigenvalue weighted by molar-refractivity contribution is 0.196. The van der Waals surface area contributed by atoms with Crippen LogP contribution in [-0.4, -0.2) is 98.1 Å². The zero-order chi connectivity index (χ0) is 36.1. The van der Waals surface area contributed by atoms with Crippen molar-refractivity contribution in [3.05, 3.63) is 0 Å². The molecule has 0 radical (unpaired) electrons. The van der Waals surface area contributed by atoms with Gasteiger partial charge >= 0.3 is 0 Å². The maximum absolute atomic E-state index is 2.63. The Morgan fingerprint density at radius 1 is 0.286 bits per heavy atom. The minimum absolute atomic E-state index is 0. The average molecular weight is 693 g/mol. The fourth-order valence-electron chi connectivity index (χ4n) is 7.03. The minimum atomic E-state index is 0. The van der Waals surface area contributed by atoms with Crippen LogP contribution in [0, 0.1) is 21.7 Å². The van der Waals surface area contributed by atoms with Crippen LogP contribution in [0.5, 0.6) is 0 Å². The van der Waals surface area contributed by atoms with Crippen LogP contribution in [-0.2, 0) is 0 Å². The maximum Gasteiger partial charge on any atom is -0.00138 e. The number of hydrogen-bond donors (Lipinski definition) is 0. The van der Waals surface area contributed by atoms with Crippen LogP contribution in [0.3, 0.4) is 0 Å². The molecule has 4 heteroatoms. The molecule has 0 bridgehead atoms. The molecule has 4 heterocycles. The first-order chi connectivity index (χ1) is 22.3. The third-order valence-electron chi connectivity index (χ3n) is 10.5. The molecular weight excluding hydrogens is 597 g/mol. The Morgan fingerprint density at radius 2 is 0.490 bits per heavy atom. The summed E-state index contributed by atoms with van der Waals surface area (Å²) in [6.07, 6.45) is 22.5. The van der Waals surface area contributed by atoms with E-state index < -0.39 is 0 Å². The van der Waals surface area contributed by atoms with Gasteiger partial charge in [0.2, 0.25) is 0 Å². The smallest absolute Gasteiger partial charge is 0.00138 e. The maximum atomic E-state index is 2.63. The molecule has 0 aromatic carbocycles. The monoisotopic (exact) mass is 693 g/mol. The predicted octanol–water partition coefficient (Wildman–Crippen LogP) is 12.3. The van der Waals surface area contributed by atoms with Crippen molar-refractivity contribution >= 4 is 0 Å². The molecule has 296 valence electrons. The van der Waals surface area contributed by atoms with Gasteiger partial charge in [-0.15, -0.1) is 0 Å². The molecule has 4 nitrogen and oxygen atoms in total. The van der Waals surface area contributed by atoms with Crippen molar-refractivity contribution in [1.82, 2.24) is 19.6 Å². The Balaban J connectivity index is 0.000000624. The summed E-state index contributed by atoms with van der Waals surface area (Å²) in [6.45, 7) is 44.0. The second-order valence-corrected chi connectivity index (χ2v) is 20.9. The highest BCUT2D eigenvalue weighted by molar-refractivity contribution is 4.72. The van der Waals surface area contributed by atoms with Gasteiger partial charge in [0.25, 0.3) is 0 Å². The van der Waals surface area contributed by atoms with Crippen LogP contribution >= 0.6 is 0 Å². The second-order valence-electron chi connectivity index (χ2n) is 20.9. The molecule has 0 aliphatic carbocycles. The van der Waals surface area contributed by atoms with E-state index in [9.17, 15) is 0 Å². The quantitative estimate of drug-likeness (QED) is 0.226. The van der Waals surface area contributed by atoms with E-state index in [4.69, 9.17) is 0 Å². The van der Waals surface area contributed by atoms with E-state index in [2.05, 4.69) is 103 Å². The van der Waals surface area contributed by atoms with Crippen LogP contribution in [0.4, 0.5) is 0 Å². The predicted molar refractivity (Wildman–Crippen MR) is 224 cm³/mol. The van der Waals surface area contributed by atoms with E-state index in [1.54, 1.807) is 0 Å². The van der Waals surface area contributed by atoms with E-state index in [-0.39, 0.29) is 7.43 Å². The first-order valence-electron chi connectivity index (χ1n) is 21.2. The van der Waals surface area contributed by atoms with E-state index in [0.29, 0.717) is 21.7 Å². The first-order valence-corrected chi connectivity index (χ1v) is 21.2. The van der Waals surface area contributed by atoms with Crippen molar-refractivity contribution in [2.24, 2.45) is 21.7 Å². The molecule has 0 N–H and O–H groups in total. The molecule has 4 fully saturated rings. The normalized spacial score (nSPS) is 20.3. The van der Waals surface area contributed by atoms with Crippen molar-refractivity contribution < 1.29 is 0 Å². The standard InChI is InChI=1S/C12H25N.2C11H23N.C10H21N.CH4/c1-12(2,3)8-7-11-13-9-5-4-6-10-13;1-11(2,3)7-6-10-12-8-4-5-9-12;1-11(2,3)7-10-12-8-5-4-6-9-12;1-10(2,3)6-9-11-7-4-5-8-11;/h4-11H2,1-3H3;2*4-10H2,1-3H3;4-9H2,1-3H3;1H4. The highest BCUT2D eigenvalue weighted by Gasteiger charge is 2.17. The zero-order valence-corrected chi connectivity index (χ0v) is 35.6. The lowest BCUT2D eigenvalue weighted by Gasteiger charge is -2.29. The highest BCUT2D eigenvalue weighted by atomic mass is 15.1. The summed E-state index contributed by atoms with van der Waals surface area (Å²) in [7, 11) is 0. The molecule has 0 amide bonds. The molecule has 0 aromatic rings. The first kappa shape index (κ1) is 48.8. The summed E-state index contributed by atoms with van der Waals surface area (Å²) < 4.78 is 0. The summed E-state index contributed by atoms with van der Waals surface area (Å²) in [5, 5.41) is 0. The zero-order valence-electron chi connectivity index (χ0n) is 35.6. The third-order valence-corrected chi connectivity index (χ3v) is 10.5. The van der Waals surface area contributed by atoms with E-state index in [1.807, 2.05) is 0 Å². The van der Waals surface area contributed by atoms with Gasteiger partial charge in [-0.3, -0.25) is 0 Å². The van der Waals surface area contributed by atoms with Gasteiger partial charge in [-0.1, -0.05) is 103 Å². The Hall–Kier alpha value is -0.160. The largest absolute Gasteiger partial charge is 0.303 e. The number of nitrogens with zero attached hydrogens (tertiary/aromatic N) is 4. The van der Waals surface area contributed by atoms with Gasteiger partial charge in [0, 0.05) is 0 Å². The van der Waals surface area contributed by atoms with Gasteiger partial charge in [0.1, 0.15) is 0 Å². The molecule has 4 rings (SSSR count). The van der Waals surface area contributed by atoms with Crippen LogP contribution in [0.15, 0.2) is 0 Å². The minimum Gasteiger partial charge on any atom is -0.303 e. The fraction of sp³-hybridized carbons (Fsp3) is 1.00. The van der Waals surface area contributed by atoms with Crippen molar-refractivity contribution in [2.75, 3.05) is 78.5 Å². The van der Waals surface area contributed by atoms with Crippen LogP contribution < -0.4 is 0 Å². The van der Waals surface area contributed by atoms with Crippen LogP contribution in [0.1, 0.15) is 193 Å². The summed E-state index contributed by atoms with van der Waals surface area (Å²) >= 11 is 0. The summed E-state index contributed by atoms with van der Waals surface area (Å²) in [6, 6.07) is 0. The van der Waals surface area contributed by atoms with Gasteiger partial charge in [-0.05, 0) is 190 Å². The second kappa shape index (κ2) is 25.8. The molecule has 0 unspecified atom stereocenters. The molecular formula is C45H96N4. The van der Waals surface area contributed by atoms with Gasteiger partial charge in [0.05, 0.1) is 0 Å². The Kier molecular flexibility index (Phi) is 25.7. The van der Waals surface area contributed by atoms with E-state index in [1.165, 1.54) is 181 Å². The van der Waals surface area contributed by atoms with Gasteiger partial charge in [-0.2, -0.15) is 0 Å². The average Bonchev–Trinajstić information content (AvgIpc) is 3.70. The number of likely N-dealkylation sites (tertiary alicyclic amines) is 4. The molecule has 4 aliphatic heterocycles. The highest BCUT2D eigenvalue weighted by Crippen LogP contribution is 2.23. The topological polar surface area (TPSA) is 13.0 Å². The van der Waals surface area contributed by atoms with Crippen LogP contribution in [0.25, 0.3) is 0 Å². The van der Waals surface area contributed by atoms with Gasteiger partial charge in [0.15, 0.2) is 0 Å². The molecule has 49 heavy (non-hydrogen) atoms. The van der Waals surface area contributed by atoms with Crippen molar-refractivity contribution in [1.29, 1.82) is 0 Å². The van der Waals surface area contributed by atoms with E-state index >= 15 is 0 Å². The Labute approximate surface area is 312 Å². The molecule has 0 saturated carbocycles. The number of rotatable bonds is 10. The Bertz CT molecular complexity index is 726. The SMILES string of the molecule is C.CC(C)(C)CCCN1CCCC1.CC(C)(C)CCCN1CCCCC1.CC(C)(C)CCN1CCCC1.CC(C)(C)CCN1CCCCC1. The van der Waals surface area contributed by atoms with Crippen molar-refractivity contribution in [3.63, 3.8) is 0 Å². The van der Waals surface area contributed by atoms with E-state index in [0.717, 1.165) is 0 Å². The molecule has 0 aromatic heterocycles. The van der Waals surface area contributed by atoms with Crippen LogP contribution in [0.2, 0.25) is 0 Å². The van der Waals surface area contributed by atoms with Crippen molar-refractivity contribution in [3.8, 4) is 0 Å². The number of piperidine rings is 2. The number of hydrogen-bond acceptors (Lipinski definition) is 4. The summed E-state index contributed by atoms with van der Waals surface area (Å²) in [4.78, 5) is 10.4. The summed E-state index contributed by atoms with van der Waals surface area (Å²) in [5.74, 6) is 0. The molecule has 4 saturated heterocycles. The molecule has 0 atom stereocenters. The Morgan fingerprint density at radius 3 is 0.714 bits per heavy atom. The fourth-order valence-corrected chi connectivity index (χ4v) is 7.03. The lowest BCUT2D eigenvalue weighted by atomic mass is 9.90. The summed E-state index contributed by atoms with van der Waals surface area (Å²) in [5.41, 5.74) is 2.08.